The van der Waals surface area contributed by atoms with Gasteiger partial charge in [0.25, 0.3) is 0 Å². The van der Waals surface area contributed by atoms with Crippen LogP contribution in [0.1, 0.15) is 6.42 Å². The average molecular weight is 255 g/mol. The van der Waals surface area contributed by atoms with E-state index >= 15 is 0 Å². The summed E-state index contributed by atoms with van der Waals surface area (Å²) in [6, 6.07) is 10.5. The molecule has 2 heterocycles. The number of aromatic nitrogens is 1. The lowest BCUT2D eigenvalue weighted by atomic mass is 10.1. The molecule has 1 aliphatic rings. The zero-order valence-corrected chi connectivity index (χ0v) is 11.7. The normalized spacial score (nSPS) is 20.0. The van der Waals surface area contributed by atoms with Gasteiger partial charge in [-0.2, -0.15) is 0 Å². The molecule has 1 fully saturated rings. The summed E-state index contributed by atoms with van der Waals surface area (Å²) in [7, 11) is 4.40. The maximum Gasteiger partial charge on any atom is 0.0722 e. The van der Waals surface area contributed by atoms with Crippen LogP contribution in [0.5, 0.6) is 0 Å². The molecular formula is C16H21N3. The molecule has 100 valence electrons. The number of pyridine rings is 1. The molecule has 0 amide bonds. The quantitative estimate of drug-likeness (QED) is 0.840. The SMILES string of the molecule is CN1CCC(CN(C)c2ccnc3ccccc23)C1. The van der Waals surface area contributed by atoms with Gasteiger partial charge in [0.05, 0.1) is 5.52 Å². The lowest BCUT2D eigenvalue weighted by molar-refractivity contribution is 0.396. The second kappa shape index (κ2) is 5.17. The zero-order valence-electron chi connectivity index (χ0n) is 11.7. The van der Waals surface area contributed by atoms with E-state index in [9.17, 15) is 0 Å². The highest BCUT2D eigenvalue weighted by Crippen LogP contribution is 2.26. The van der Waals surface area contributed by atoms with Crippen molar-refractivity contribution in [1.29, 1.82) is 0 Å². The molecule has 1 saturated heterocycles. The first-order chi connectivity index (χ1) is 9.24. The van der Waals surface area contributed by atoms with Crippen molar-refractivity contribution in [2.24, 2.45) is 5.92 Å². The molecule has 0 spiro atoms. The van der Waals surface area contributed by atoms with Gasteiger partial charge in [0.1, 0.15) is 0 Å². The van der Waals surface area contributed by atoms with Crippen molar-refractivity contribution in [3.05, 3.63) is 36.5 Å². The summed E-state index contributed by atoms with van der Waals surface area (Å²) in [4.78, 5) is 9.24. The first-order valence-electron chi connectivity index (χ1n) is 6.97. The second-order valence-electron chi connectivity index (χ2n) is 5.64. The molecule has 0 aliphatic carbocycles. The van der Waals surface area contributed by atoms with E-state index in [2.05, 4.69) is 53.1 Å². The summed E-state index contributed by atoms with van der Waals surface area (Å²) < 4.78 is 0. The Kier molecular flexibility index (Phi) is 3.38. The third kappa shape index (κ3) is 2.56. The van der Waals surface area contributed by atoms with Crippen LogP contribution in [0.4, 0.5) is 5.69 Å². The molecular weight excluding hydrogens is 234 g/mol. The number of hydrogen-bond acceptors (Lipinski definition) is 3. The van der Waals surface area contributed by atoms with Crippen LogP contribution in [0.3, 0.4) is 0 Å². The van der Waals surface area contributed by atoms with E-state index in [1.807, 2.05) is 12.3 Å². The molecule has 1 atom stereocenters. The Morgan fingerprint density at radius 2 is 2.16 bits per heavy atom. The third-order valence-electron chi connectivity index (χ3n) is 4.06. The second-order valence-corrected chi connectivity index (χ2v) is 5.64. The number of fused-ring (bicyclic) bond motifs is 1. The van der Waals surface area contributed by atoms with Gasteiger partial charge in [-0.25, -0.2) is 0 Å². The molecule has 0 bridgehead atoms. The van der Waals surface area contributed by atoms with Gasteiger partial charge in [0, 0.05) is 37.4 Å². The maximum absolute atomic E-state index is 4.43. The van der Waals surface area contributed by atoms with Gasteiger partial charge in [0.2, 0.25) is 0 Å². The van der Waals surface area contributed by atoms with Gasteiger partial charge in [0.15, 0.2) is 0 Å². The number of nitrogens with zero attached hydrogens (tertiary/aromatic N) is 3. The molecule has 1 aromatic heterocycles. The average Bonchev–Trinajstić information content (AvgIpc) is 2.83. The molecule has 0 N–H and O–H groups in total. The molecule has 19 heavy (non-hydrogen) atoms. The smallest absolute Gasteiger partial charge is 0.0722 e. The summed E-state index contributed by atoms with van der Waals surface area (Å²) in [5.74, 6) is 0.780. The van der Waals surface area contributed by atoms with Crippen molar-refractivity contribution in [2.75, 3.05) is 38.6 Å². The number of hydrogen-bond donors (Lipinski definition) is 0. The summed E-state index contributed by atoms with van der Waals surface area (Å²) in [6.07, 6.45) is 3.22. The van der Waals surface area contributed by atoms with Crippen molar-refractivity contribution < 1.29 is 0 Å². The van der Waals surface area contributed by atoms with Gasteiger partial charge in [-0.15, -0.1) is 0 Å². The fourth-order valence-corrected chi connectivity index (χ4v) is 3.07. The highest BCUT2D eigenvalue weighted by molar-refractivity contribution is 5.91. The van der Waals surface area contributed by atoms with E-state index in [4.69, 9.17) is 0 Å². The maximum atomic E-state index is 4.43. The number of likely N-dealkylation sites (tertiary alicyclic amines) is 1. The Hall–Kier alpha value is -1.61. The standard InChI is InChI=1S/C16H21N3/c1-18-10-8-13(11-18)12-19(2)16-7-9-17-15-6-4-3-5-14(15)16/h3-7,9,13H,8,10-12H2,1-2H3. The monoisotopic (exact) mass is 255 g/mol. The zero-order chi connectivity index (χ0) is 13.2. The fraction of sp³-hybridized carbons (Fsp3) is 0.438. The molecule has 0 saturated carbocycles. The molecule has 1 aliphatic heterocycles. The Bertz CT molecular complexity index is 561. The van der Waals surface area contributed by atoms with Crippen LogP contribution in [-0.2, 0) is 0 Å². The van der Waals surface area contributed by atoms with E-state index in [1.54, 1.807) is 0 Å². The van der Waals surface area contributed by atoms with Gasteiger partial charge < -0.3 is 9.80 Å². The van der Waals surface area contributed by atoms with Crippen molar-refractivity contribution >= 4 is 16.6 Å². The van der Waals surface area contributed by atoms with Gasteiger partial charge >= 0.3 is 0 Å². The van der Waals surface area contributed by atoms with E-state index in [0.29, 0.717) is 0 Å². The van der Waals surface area contributed by atoms with Crippen LogP contribution in [0.25, 0.3) is 10.9 Å². The first kappa shape index (κ1) is 12.4. The highest BCUT2D eigenvalue weighted by Gasteiger charge is 2.21. The minimum atomic E-state index is 0.780. The van der Waals surface area contributed by atoms with Crippen LogP contribution < -0.4 is 4.90 Å². The lowest BCUT2D eigenvalue weighted by Crippen LogP contribution is -2.27. The molecule has 0 radical (unpaired) electrons. The van der Waals surface area contributed by atoms with E-state index in [-0.39, 0.29) is 0 Å². The molecule has 1 aromatic carbocycles. The van der Waals surface area contributed by atoms with Gasteiger partial charge in [-0.05, 0) is 38.1 Å². The van der Waals surface area contributed by atoms with Crippen LogP contribution in [0.2, 0.25) is 0 Å². The van der Waals surface area contributed by atoms with Crippen LogP contribution >= 0.6 is 0 Å². The number of para-hydroxylation sites is 1. The largest absolute Gasteiger partial charge is 0.374 e. The van der Waals surface area contributed by atoms with Crippen LogP contribution in [-0.4, -0.2) is 43.6 Å². The molecule has 2 aromatic rings. The lowest BCUT2D eigenvalue weighted by Gasteiger charge is -2.24. The van der Waals surface area contributed by atoms with Crippen molar-refractivity contribution in [3.8, 4) is 0 Å². The van der Waals surface area contributed by atoms with Crippen molar-refractivity contribution in [3.63, 3.8) is 0 Å². The Morgan fingerprint density at radius 1 is 1.32 bits per heavy atom. The van der Waals surface area contributed by atoms with Gasteiger partial charge in [-0.1, -0.05) is 18.2 Å². The van der Waals surface area contributed by atoms with E-state index in [0.717, 1.165) is 18.0 Å². The van der Waals surface area contributed by atoms with Crippen molar-refractivity contribution in [1.82, 2.24) is 9.88 Å². The van der Waals surface area contributed by atoms with E-state index < -0.39 is 0 Å². The Balaban J connectivity index is 1.83. The summed E-state index contributed by atoms with van der Waals surface area (Å²) in [6.45, 7) is 3.57. The molecule has 3 rings (SSSR count). The Labute approximate surface area is 114 Å². The van der Waals surface area contributed by atoms with Crippen LogP contribution in [0.15, 0.2) is 36.5 Å². The molecule has 1 unspecified atom stereocenters. The summed E-state index contributed by atoms with van der Waals surface area (Å²) in [5, 5.41) is 1.25. The van der Waals surface area contributed by atoms with E-state index in [1.165, 1.54) is 30.6 Å². The summed E-state index contributed by atoms with van der Waals surface area (Å²) in [5.41, 5.74) is 2.37. The number of benzene rings is 1. The van der Waals surface area contributed by atoms with Gasteiger partial charge in [-0.3, -0.25) is 4.98 Å². The number of anilines is 1. The molecule has 3 heteroatoms. The number of rotatable bonds is 3. The van der Waals surface area contributed by atoms with Crippen molar-refractivity contribution in [2.45, 2.75) is 6.42 Å². The minimum Gasteiger partial charge on any atom is -0.374 e. The topological polar surface area (TPSA) is 19.4 Å². The Morgan fingerprint density at radius 3 is 2.95 bits per heavy atom. The van der Waals surface area contributed by atoms with Crippen LogP contribution in [0, 0.1) is 5.92 Å². The fourth-order valence-electron chi connectivity index (χ4n) is 3.07. The predicted octanol–water partition coefficient (Wildman–Crippen LogP) is 2.62. The minimum absolute atomic E-state index is 0.780. The molecule has 3 nitrogen and oxygen atoms in total. The first-order valence-corrected chi connectivity index (χ1v) is 6.97. The predicted molar refractivity (Wildman–Crippen MR) is 80.6 cm³/mol. The third-order valence-corrected chi connectivity index (χ3v) is 4.06. The summed E-state index contributed by atoms with van der Waals surface area (Å²) >= 11 is 0. The highest BCUT2D eigenvalue weighted by atomic mass is 15.2.